The minimum absolute atomic E-state index is 0.0501. The van der Waals surface area contributed by atoms with Crippen molar-refractivity contribution in [1.82, 2.24) is 0 Å². The molecule has 3 nitrogen and oxygen atoms in total. The van der Waals surface area contributed by atoms with Gasteiger partial charge in [-0.3, -0.25) is 4.79 Å². The van der Waals surface area contributed by atoms with Crippen molar-refractivity contribution in [3.8, 4) is 11.1 Å². The van der Waals surface area contributed by atoms with Gasteiger partial charge in [0.05, 0.1) is 5.38 Å². The van der Waals surface area contributed by atoms with Crippen molar-refractivity contribution < 1.29 is 9.90 Å². The first-order valence-corrected chi connectivity index (χ1v) is 6.82. The maximum Gasteiger partial charge on any atom is 0.303 e. The highest BCUT2D eigenvalue weighted by Crippen LogP contribution is 2.32. The molecule has 3 N–H and O–H groups in total. The van der Waals surface area contributed by atoms with Gasteiger partial charge in [0.25, 0.3) is 0 Å². The van der Waals surface area contributed by atoms with Gasteiger partial charge in [-0.25, -0.2) is 0 Å². The Balaban J connectivity index is 2.20. The van der Waals surface area contributed by atoms with Crippen LogP contribution in [0.25, 0.3) is 11.1 Å². The molecule has 0 amide bonds. The molecule has 0 aliphatic rings. The molecule has 0 spiro atoms. The van der Waals surface area contributed by atoms with E-state index in [0.717, 1.165) is 16.7 Å². The molecular formula is C16H16ClNO2. The Morgan fingerprint density at radius 3 is 2.50 bits per heavy atom. The van der Waals surface area contributed by atoms with Crippen LogP contribution in [0.4, 0.5) is 5.69 Å². The third-order valence-electron chi connectivity index (χ3n) is 3.13. The molecular weight excluding hydrogens is 274 g/mol. The van der Waals surface area contributed by atoms with Crippen molar-refractivity contribution in [2.24, 2.45) is 0 Å². The molecule has 0 radical (unpaired) electrons. The molecule has 0 aromatic heterocycles. The lowest BCUT2D eigenvalue weighted by Crippen LogP contribution is -2.00. The number of carboxylic acids is 1. The molecule has 0 aliphatic carbocycles. The number of rotatable bonds is 5. The standard InChI is InChI=1S/C16H16ClNO2/c17-14(8-9-16(19)20)12-6-7-13(15(18)10-12)11-4-2-1-3-5-11/h1-7,10,14H,8-9,18H2,(H,19,20). The maximum atomic E-state index is 10.6. The molecule has 0 saturated heterocycles. The minimum atomic E-state index is -0.843. The van der Waals surface area contributed by atoms with Crippen molar-refractivity contribution in [2.75, 3.05) is 5.73 Å². The lowest BCUT2D eigenvalue weighted by Gasteiger charge is -2.12. The summed E-state index contributed by atoms with van der Waals surface area (Å²) in [5, 5.41) is 8.34. The normalized spacial score (nSPS) is 12.1. The molecule has 0 fully saturated rings. The number of nitrogens with two attached hydrogens (primary N) is 1. The molecule has 0 aliphatic heterocycles. The lowest BCUT2D eigenvalue weighted by atomic mass is 9.99. The Morgan fingerprint density at radius 1 is 1.20 bits per heavy atom. The topological polar surface area (TPSA) is 63.3 Å². The van der Waals surface area contributed by atoms with E-state index < -0.39 is 5.97 Å². The van der Waals surface area contributed by atoms with Gasteiger partial charge in [-0.15, -0.1) is 11.6 Å². The SMILES string of the molecule is Nc1cc(C(Cl)CCC(=O)O)ccc1-c1ccccc1. The number of carbonyl (C=O) groups is 1. The molecule has 2 aromatic carbocycles. The van der Waals surface area contributed by atoms with Crippen LogP contribution in [0.2, 0.25) is 0 Å². The van der Waals surface area contributed by atoms with Crippen LogP contribution >= 0.6 is 11.6 Å². The number of carboxylic acid groups (broad SMARTS) is 1. The molecule has 2 aromatic rings. The zero-order valence-electron chi connectivity index (χ0n) is 10.9. The fourth-order valence-electron chi connectivity index (χ4n) is 2.07. The van der Waals surface area contributed by atoms with Crippen molar-refractivity contribution in [3.63, 3.8) is 0 Å². The van der Waals surface area contributed by atoms with Crippen LogP contribution in [0, 0.1) is 0 Å². The van der Waals surface area contributed by atoms with E-state index >= 15 is 0 Å². The Hall–Kier alpha value is -2.00. The first-order chi connectivity index (χ1) is 9.58. The monoisotopic (exact) mass is 289 g/mol. The van der Waals surface area contributed by atoms with Gasteiger partial charge in [-0.2, -0.15) is 0 Å². The van der Waals surface area contributed by atoms with Crippen LogP contribution in [-0.4, -0.2) is 11.1 Å². The highest BCUT2D eigenvalue weighted by atomic mass is 35.5. The fraction of sp³-hybridized carbons (Fsp3) is 0.188. The van der Waals surface area contributed by atoms with Gasteiger partial charge in [-0.05, 0) is 23.6 Å². The van der Waals surface area contributed by atoms with Crippen LogP contribution in [0.3, 0.4) is 0 Å². The summed E-state index contributed by atoms with van der Waals surface area (Å²) in [5.41, 5.74) is 9.58. The molecule has 2 rings (SSSR count). The highest BCUT2D eigenvalue weighted by molar-refractivity contribution is 6.21. The van der Waals surface area contributed by atoms with E-state index in [0.29, 0.717) is 12.1 Å². The van der Waals surface area contributed by atoms with E-state index in [1.54, 1.807) is 0 Å². The van der Waals surface area contributed by atoms with Crippen LogP contribution in [0.1, 0.15) is 23.8 Å². The molecule has 0 saturated carbocycles. The van der Waals surface area contributed by atoms with E-state index in [1.807, 2.05) is 48.5 Å². The zero-order chi connectivity index (χ0) is 14.5. The average molecular weight is 290 g/mol. The fourth-order valence-corrected chi connectivity index (χ4v) is 2.32. The first-order valence-electron chi connectivity index (χ1n) is 6.38. The summed E-state index contributed by atoms with van der Waals surface area (Å²) in [4.78, 5) is 10.6. The summed E-state index contributed by atoms with van der Waals surface area (Å²) in [6, 6.07) is 15.5. The second kappa shape index (κ2) is 6.44. The summed E-state index contributed by atoms with van der Waals surface area (Å²) in [6.07, 6.45) is 0.440. The molecule has 0 bridgehead atoms. The Kier molecular flexibility index (Phi) is 4.64. The Morgan fingerprint density at radius 2 is 1.90 bits per heavy atom. The van der Waals surface area contributed by atoms with E-state index in [-0.39, 0.29) is 11.8 Å². The quantitative estimate of drug-likeness (QED) is 0.644. The second-order valence-electron chi connectivity index (χ2n) is 4.61. The van der Waals surface area contributed by atoms with E-state index in [4.69, 9.17) is 22.4 Å². The van der Waals surface area contributed by atoms with E-state index in [1.165, 1.54) is 0 Å². The van der Waals surface area contributed by atoms with Gasteiger partial charge >= 0.3 is 5.97 Å². The van der Waals surface area contributed by atoms with Crippen LogP contribution in [-0.2, 0) is 4.79 Å². The predicted molar refractivity (Wildman–Crippen MR) is 81.8 cm³/mol. The van der Waals surface area contributed by atoms with Crippen LogP contribution < -0.4 is 5.73 Å². The molecule has 0 heterocycles. The van der Waals surface area contributed by atoms with Crippen molar-refractivity contribution in [2.45, 2.75) is 18.2 Å². The number of benzene rings is 2. The van der Waals surface area contributed by atoms with Crippen molar-refractivity contribution in [1.29, 1.82) is 0 Å². The lowest BCUT2D eigenvalue weighted by molar-refractivity contribution is -0.137. The minimum Gasteiger partial charge on any atom is -0.481 e. The Labute approximate surface area is 123 Å². The number of hydrogen-bond donors (Lipinski definition) is 2. The third-order valence-corrected chi connectivity index (χ3v) is 3.60. The number of nitrogen functional groups attached to an aromatic ring is 1. The van der Waals surface area contributed by atoms with Gasteiger partial charge < -0.3 is 10.8 Å². The van der Waals surface area contributed by atoms with Gasteiger partial charge in [-0.1, -0.05) is 42.5 Å². The summed E-state index contributed by atoms with van der Waals surface area (Å²) in [5.74, 6) is -0.843. The number of alkyl halides is 1. The van der Waals surface area contributed by atoms with Gasteiger partial charge in [0.2, 0.25) is 0 Å². The van der Waals surface area contributed by atoms with Gasteiger partial charge in [0.15, 0.2) is 0 Å². The molecule has 1 unspecified atom stereocenters. The van der Waals surface area contributed by atoms with Crippen LogP contribution in [0.5, 0.6) is 0 Å². The van der Waals surface area contributed by atoms with E-state index in [9.17, 15) is 4.79 Å². The summed E-state index contributed by atoms with van der Waals surface area (Å²) < 4.78 is 0. The summed E-state index contributed by atoms with van der Waals surface area (Å²) in [6.45, 7) is 0. The summed E-state index contributed by atoms with van der Waals surface area (Å²) in [7, 11) is 0. The highest BCUT2D eigenvalue weighted by Gasteiger charge is 2.12. The van der Waals surface area contributed by atoms with Crippen LogP contribution in [0.15, 0.2) is 48.5 Å². The summed E-state index contributed by atoms with van der Waals surface area (Å²) >= 11 is 6.20. The first kappa shape index (κ1) is 14.4. The molecule has 4 heteroatoms. The third kappa shape index (κ3) is 3.52. The molecule has 20 heavy (non-hydrogen) atoms. The second-order valence-corrected chi connectivity index (χ2v) is 5.14. The maximum absolute atomic E-state index is 10.6. The van der Waals surface area contributed by atoms with E-state index in [2.05, 4.69) is 0 Å². The van der Waals surface area contributed by atoms with Crippen molar-refractivity contribution >= 4 is 23.3 Å². The smallest absolute Gasteiger partial charge is 0.303 e. The predicted octanol–water partition coefficient (Wildman–Crippen LogP) is 4.08. The number of aliphatic carboxylic acids is 1. The number of anilines is 1. The number of halogens is 1. The Bertz CT molecular complexity index is 599. The average Bonchev–Trinajstić information content (AvgIpc) is 2.45. The van der Waals surface area contributed by atoms with Crippen molar-refractivity contribution in [3.05, 3.63) is 54.1 Å². The molecule has 104 valence electrons. The largest absolute Gasteiger partial charge is 0.481 e. The molecule has 1 atom stereocenters. The van der Waals surface area contributed by atoms with Gasteiger partial charge in [0.1, 0.15) is 0 Å². The number of hydrogen-bond acceptors (Lipinski definition) is 2. The van der Waals surface area contributed by atoms with Gasteiger partial charge in [0, 0.05) is 17.7 Å². The zero-order valence-corrected chi connectivity index (χ0v) is 11.7.